The van der Waals surface area contributed by atoms with E-state index in [1.807, 2.05) is 12.1 Å². The normalized spacial score (nSPS) is 26.8. The van der Waals surface area contributed by atoms with Gasteiger partial charge in [-0.2, -0.15) is 0 Å². The van der Waals surface area contributed by atoms with Crippen molar-refractivity contribution in [2.75, 3.05) is 13.2 Å². The van der Waals surface area contributed by atoms with Crippen LogP contribution in [0.4, 0.5) is 0 Å². The van der Waals surface area contributed by atoms with Crippen LogP contribution < -0.4 is 5.32 Å². The second-order valence-corrected chi connectivity index (χ2v) is 5.58. The van der Waals surface area contributed by atoms with Crippen LogP contribution in [0.2, 0.25) is 5.02 Å². The number of benzene rings is 1. The Labute approximate surface area is 107 Å². The van der Waals surface area contributed by atoms with E-state index in [0.29, 0.717) is 6.04 Å². The van der Waals surface area contributed by atoms with Gasteiger partial charge in [-0.1, -0.05) is 23.7 Å². The number of hydrogen-bond donors (Lipinski definition) is 1. The van der Waals surface area contributed by atoms with E-state index in [1.54, 1.807) is 0 Å². The molecule has 2 fully saturated rings. The minimum Gasteiger partial charge on any atom is -0.380 e. The van der Waals surface area contributed by atoms with Gasteiger partial charge in [0.2, 0.25) is 0 Å². The molecule has 0 bridgehead atoms. The van der Waals surface area contributed by atoms with Crippen LogP contribution in [0.1, 0.15) is 31.2 Å². The molecule has 1 heterocycles. The zero-order valence-electron chi connectivity index (χ0n) is 9.92. The highest BCUT2D eigenvalue weighted by atomic mass is 35.5. The van der Waals surface area contributed by atoms with Gasteiger partial charge in [-0.15, -0.1) is 0 Å². The summed E-state index contributed by atoms with van der Waals surface area (Å²) >= 11 is 5.93. The van der Waals surface area contributed by atoms with Gasteiger partial charge in [0.25, 0.3) is 0 Å². The van der Waals surface area contributed by atoms with E-state index < -0.39 is 0 Å². The molecule has 2 aliphatic rings. The molecule has 1 aliphatic carbocycles. The van der Waals surface area contributed by atoms with Crippen LogP contribution >= 0.6 is 11.6 Å². The van der Waals surface area contributed by atoms with E-state index >= 15 is 0 Å². The topological polar surface area (TPSA) is 21.3 Å². The number of rotatable bonds is 3. The highest BCUT2D eigenvalue weighted by Gasteiger charge is 2.45. The van der Waals surface area contributed by atoms with Gasteiger partial charge in [0, 0.05) is 23.2 Å². The molecule has 17 heavy (non-hydrogen) atoms. The second-order valence-electron chi connectivity index (χ2n) is 5.15. The van der Waals surface area contributed by atoms with Crippen molar-refractivity contribution in [1.29, 1.82) is 0 Å². The maximum Gasteiger partial charge on any atom is 0.0619 e. The summed E-state index contributed by atoms with van der Waals surface area (Å²) < 4.78 is 5.53. The first-order valence-electron chi connectivity index (χ1n) is 6.40. The Morgan fingerprint density at radius 2 is 2.00 bits per heavy atom. The van der Waals surface area contributed by atoms with Crippen LogP contribution in [0.15, 0.2) is 24.3 Å². The molecule has 0 amide bonds. The number of halogens is 1. The predicted molar refractivity (Wildman–Crippen MR) is 69.3 cm³/mol. The van der Waals surface area contributed by atoms with Crippen molar-refractivity contribution in [3.05, 3.63) is 34.9 Å². The van der Waals surface area contributed by atoms with Crippen LogP contribution in [-0.2, 0) is 10.3 Å². The summed E-state index contributed by atoms with van der Waals surface area (Å²) in [6.07, 6.45) is 4.86. The van der Waals surface area contributed by atoms with Crippen LogP contribution in [-0.4, -0.2) is 19.3 Å². The van der Waals surface area contributed by atoms with Crippen LogP contribution in [0, 0.1) is 0 Å². The summed E-state index contributed by atoms with van der Waals surface area (Å²) in [4.78, 5) is 0. The monoisotopic (exact) mass is 251 g/mol. The summed E-state index contributed by atoms with van der Waals surface area (Å²) in [5.41, 5.74) is 1.57. The first-order chi connectivity index (χ1) is 8.28. The standard InChI is InChI=1S/C14H18ClNO/c15-12-5-3-11(4-6-12)14(7-8-14)16-13-2-1-9-17-10-13/h3-6,13,16H,1-2,7-10H2/t13-/m0/s1. The molecule has 0 unspecified atom stereocenters. The average molecular weight is 252 g/mol. The number of ether oxygens (including phenoxy) is 1. The molecule has 1 N–H and O–H groups in total. The highest BCUT2D eigenvalue weighted by molar-refractivity contribution is 6.30. The Morgan fingerprint density at radius 1 is 1.24 bits per heavy atom. The average Bonchev–Trinajstić information content (AvgIpc) is 3.12. The lowest BCUT2D eigenvalue weighted by atomic mass is 10.0. The first-order valence-corrected chi connectivity index (χ1v) is 6.78. The fourth-order valence-corrected chi connectivity index (χ4v) is 2.78. The Bertz CT molecular complexity index is 380. The molecule has 1 saturated carbocycles. The van der Waals surface area contributed by atoms with E-state index in [1.165, 1.54) is 31.2 Å². The Balaban J connectivity index is 1.70. The molecule has 3 rings (SSSR count). The van der Waals surface area contributed by atoms with Gasteiger partial charge in [0.1, 0.15) is 0 Å². The van der Waals surface area contributed by atoms with Crippen molar-refractivity contribution in [3.8, 4) is 0 Å². The van der Waals surface area contributed by atoms with E-state index in [0.717, 1.165) is 18.2 Å². The molecule has 1 aromatic carbocycles. The van der Waals surface area contributed by atoms with Gasteiger partial charge in [0.15, 0.2) is 0 Å². The molecule has 1 saturated heterocycles. The summed E-state index contributed by atoms with van der Waals surface area (Å²) in [6, 6.07) is 8.77. The fraction of sp³-hybridized carbons (Fsp3) is 0.571. The lowest BCUT2D eigenvalue weighted by Gasteiger charge is -2.29. The second kappa shape index (κ2) is 4.60. The highest BCUT2D eigenvalue weighted by Crippen LogP contribution is 2.46. The molecule has 0 spiro atoms. The molecule has 92 valence electrons. The van der Waals surface area contributed by atoms with Crippen LogP contribution in [0.25, 0.3) is 0 Å². The van der Waals surface area contributed by atoms with Crippen molar-refractivity contribution in [3.63, 3.8) is 0 Å². The summed E-state index contributed by atoms with van der Waals surface area (Å²) in [6.45, 7) is 1.78. The largest absolute Gasteiger partial charge is 0.380 e. The summed E-state index contributed by atoms with van der Waals surface area (Å²) in [7, 11) is 0. The van der Waals surface area contributed by atoms with E-state index in [4.69, 9.17) is 16.3 Å². The quantitative estimate of drug-likeness (QED) is 0.892. The number of nitrogens with one attached hydrogen (secondary N) is 1. The summed E-state index contributed by atoms with van der Waals surface area (Å²) in [5.74, 6) is 0. The number of hydrogen-bond acceptors (Lipinski definition) is 2. The molecule has 0 radical (unpaired) electrons. The van der Waals surface area contributed by atoms with Gasteiger partial charge >= 0.3 is 0 Å². The molecule has 0 aromatic heterocycles. The Kier molecular flexibility index (Phi) is 3.12. The smallest absolute Gasteiger partial charge is 0.0619 e. The zero-order chi connectivity index (χ0) is 11.7. The third kappa shape index (κ3) is 2.49. The lowest BCUT2D eigenvalue weighted by Crippen LogP contribution is -2.43. The van der Waals surface area contributed by atoms with Gasteiger partial charge < -0.3 is 10.1 Å². The molecule has 3 heteroatoms. The first kappa shape index (κ1) is 11.5. The molecule has 2 nitrogen and oxygen atoms in total. The third-order valence-corrected chi connectivity index (χ3v) is 4.04. The molecule has 1 atom stereocenters. The van der Waals surface area contributed by atoms with E-state index in [2.05, 4.69) is 17.4 Å². The van der Waals surface area contributed by atoms with Crippen molar-refractivity contribution >= 4 is 11.6 Å². The third-order valence-electron chi connectivity index (χ3n) is 3.79. The maximum atomic E-state index is 5.93. The molecular weight excluding hydrogens is 234 g/mol. The van der Waals surface area contributed by atoms with Gasteiger partial charge in [-0.3, -0.25) is 0 Å². The fourth-order valence-electron chi connectivity index (χ4n) is 2.66. The lowest BCUT2D eigenvalue weighted by molar-refractivity contribution is 0.0647. The maximum absolute atomic E-state index is 5.93. The predicted octanol–water partition coefficient (Wildman–Crippen LogP) is 3.10. The minimum absolute atomic E-state index is 0.204. The summed E-state index contributed by atoms with van der Waals surface area (Å²) in [5, 5.41) is 4.58. The van der Waals surface area contributed by atoms with Gasteiger partial charge in [-0.25, -0.2) is 0 Å². The van der Waals surface area contributed by atoms with Crippen molar-refractivity contribution < 1.29 is 4.74 Å². The van der Waals surface area contributed by atoms with Crippen LogP contribution in [0.3, 0.4) is 0 Å². The van der Waals surface area contributed by atoms with Crippen molar-refractivity contribution in [1.82, 2.24) is 5.32 Å². The van der Waals surface area contributed by atoms with Gasteiger partial charge in [-0.05, 0) is 43.4 Å². The molecule has 1 aromatic rings. The SMILES string of the molecule is Clc1ccc(C2(N[C@H]3CCCOC3)CC2)cc1. The van der Waals surface area contributed by atoms with Crippen molar-refractivity contribution in [2.45, 2.75) is 37.3 Å². The molecule has 1 aliphatic heterocycles. The van der Waals surface area contributed by atoms with E-state index in [9.17, 15) is 0 Å². The minimum atomic E-state index is 0.204. The van der Waals surface area contributed by atoms with Crippen molar-refractivity contribution in [2.24, 2.45) is 0 Å². The Morgan fingerprint density at radius 3 is 2.59 bits per heavy atom. The zero-order valence-corrected chi connectivity index (χ0v) is 10.7. The Hall–Kier alpha value is -0.570. The molecular formula is C14H18ClNO. The van der Waals surface area contributed by atoms with Gasteiger partial charge in [0.05, 0.1) is 6.61 Å². The van der Waals surface area contributed by atoms with Crippen LogP contribution in [0.5, 0.6) is 0 Å². The van der Waals surface area contributed by atoms with E-state index in [-0.39, 0.29) is 5.54 Å².